The van der Waals surface area contributed by atoms with Gasteiger partial charge in [-0.15, -0.1) is 13.2 Å². The average molecular weight is 240 g/mol. The normalized spacial score (nSPS) is 19.9. The number of ether oxygens (including phenoxy) is 1. The molecule has 0 aromatic rings. The average Bonchev–Trinajstić information content (AvgIpc) is 2.62. The number of carboxylic acid groups (broad SMARTS) is 1. The quantitative estimate of drug-likeness (QED) is 0.803. The zero-order valence-electron chi connectivity index (χ0n) is 8.79. The Balaban J connectivity index is 2.37. The molecule has 0 heterocycles. The molecule has 0 radical (unpaired) electrons. The fourth-order valence-corrected chi connectivity index (χ4v) is 2.22. The van der Waals surface area contributed by atoms with Crippen molar-refractivity contribution in [3.8, 4) is 0 Å². The smallest absolute Gasteiger partial charge is 0.481 e. The summed E-state index contributed by atoms with van der Waals surface area (Å²) in [5.41, 5.74) is 0. The summed E-state index contributed by atoms with van der Waals surface area (Å²) < 4.78 is 38.8. The lowest BCUT2D eigenvalue weighted by molar-refractivity contribution is -0.325. The number of carbonyl (C=O) groups is 1. The van der Waals surface area contributed by atoms with Crippen LogP contribution in [0.1, 0.15) is 32.1 Å². The van der Waals surface area contributed by atoms with E-state index in [0.29, 0.717) is 0 Å². The molecule has 6 heteroatoms. The number of rotatable bonds is 5. The summed E-state index contributed by atoms with van der Waals surface area (Å²) in [5.74, 6) is -1.71. The molecule has 1 unspecified atom stereocenters. The number of hydrogen-bond acceptors (Lipinski definition) is 2. The molecule has 0 aromatic carbocycles. The minimum absolute atomic E-state index is 0.00864. The lowest BCUT2D eigenvalue weighted by atomic mass is 9.88. The van der Waals surface area contributed by atoms with Crippen LogP contribution in [0.4, 0.5) is 13.2 Å². The Kier molecular flexibility index (Phi) is 4.58. The maximum atomic E-state index is 11.7. The first-order valence-electron chi connectivity index (χ1n) is 5.33. The van der Waals surface area contributed by atoms with Crippen LogP contribution in [0, 0.1) is 11.8 Å². The van der Waals surface area contributed by atoms with Crippen LogP contribution in [-0.4, -0.2) is 24.0 Å². The predicted molar refractivity (Wildman–Crippen MR) is 49.7 cm³/mol. The minimum Gasteiger partial charge on any atom is -0.481 e. The molecule has 0 bridgehead atoms. The summed E-state index contributed by atoms with van der Waals surface area (Å²) in [7, 11) is 0. The minimum atomic E-state index is -4.67. The van der Waals surface area contributed by atoms with Crippen LogP contribution >= 0.6 is 0 Å². The van der Waals surface area contributed by atoms with Crippen molar-refractivity contribution < 1.29 is 27.8 Å². The maximum absolute atomic E-state index is 11.7. The van der Waals surface area contributed by atoms with E-state index in [0.717, 1.165) is 25.7 Å². The van der Waals surface area contributed by atoms with Gasteiger partial charge in [0.25, 0.3) is 0 Å². The molecule has 1 aliphatic rings. The van der Waals surface area contributed by atoms with Crippen LogP contribution < -0.4 is 0 Å². The third kappa shape index (κ3) is 4.38. The van der Waals surface area contributed by atoms with Crippen LogP contribution in [0.3, 0.4) is 0 Å². The summed E-state index contributed by atoms with van der Waals surface area (Å²) in [6.07, 6.45) is -1.21. The lowest BCUT2D eigenvalue weighted by Gasteiger charge is -2.19. The Hall–Kier alpha value is -0.780. The van der Waals surface area contributed by atoms with E-state index >= 15 is 0 Å². The molecule has 1 saturated carbocycles. The largest absolute Gasteiger partial charge is 0.522 e. The molecule has 0 saturated heterocycles. The zero-order chi connectivity index (χ0) is 12.2. The summed E-state index contributed by atoms with van der Waals surface area (Å²) in [6.45, 7) is -0.572. The maximum Gasteiger partial charge on any atom is 0.522 e. The third-order valence-electron chi connectivity index (χ3n) is 2.98. The second-order valence-electron chi connectivity index (χ2n) is 4.07. The first-order valence-corrected chi connectivity index (χ1v) is 5.33. The molecule has 0 spiro atoms. The van der Waals surface area contributed by atoms with Crippen molar-refractivity contribution in [1.29, 1.82) is 0 Å². The van der Waals surface area contributed by atoms with Crippen molar-refractivity contribution in [3.63, 3.8) is 0 Å². The van der Waals surface area contributed by atoms with Gasteiger partial charge in [0.05, 0.1) is 12.5 Å². The number of carboxylic acids is 1. The van der Waals surface area contributed by atoms with Gasteiger partial charge in [-0.3, -0.25) is 9.53 Å². The van der Waals surface area contributed by atoms with Gasteiger partial charge in [0, 0.05) is 0 Å². The highest BCUT2D eigenvalue weighted by atomic mass is 19.4. The van der Waals surface area contributed by atoms with Crippen LogP contribution in [0.2, 0.25) is 0 Å². The van der Waals surface area contributed by atoms with E-state index in [1.165, 1.54) is 0 Å². The molecular formula is C10H15F3O3. The highest BCUT2D eigenvalue weighted by Crippen LogP contribution is 2.33. The predicted octanol–water partition coefficient (Wildman–Crippen LogP) is 2.80. The van der Waals surface area contributed by atoms with Gasteiger partial charge in [0.2, 0.25) is 0 Å². The molecule has 1 N–H and O–H groups in total. The van der Waals surface area contributed by atoms with Crippen LogP contribution in [0.15, 0.2) is 0 Å². The highest BCUT2D eigenvalue weighted by Gasteiger charge is 2.33. The van der Waals surface area contributed by atoms with Crippen molar-refractivity contribution in [1.82, 2.24) is 0 Å². The van der Waals surface area contributed by atoms with E-state index in [-0.39, 0.29) is 12.3 Å². The Labute approximate surface area is 91.6 Å². The van der Waals surface area contributed by atoms with E-state index in [2.05, 4.69) is 4.74 Å². The molecular weight excluding hydrogens is 225 g/mol. The molecule has 1 rings (SSSR count). The summed E-state index contributed by atoms with van der Waals surface area (Å²) in [4.78, 5) is 10.9. The van der Waals surface area contributed by atoms with Crippen molar-refractivity contribution in [2.75, 3.05) is 6.61 Å². The number of aliphatic carboxylic acids is 1. The Morgan fingerprint density at radius 3 is 2.38 bits per heavy atom. The van der Waals surface area contributed by atoms with E-state index in [1.54, 1.807) is 0 Å². The number of hydrogen-bond donors (Lipinski definition) is 1. The van der Waals surface area contributed by atoms with Crippen molar-refractivity contribution in [2.24, 2.45) is 11.8 Å². The SMILES string of the molecule is O=C(O)C(CCOC(F)(F)F)C1CCCC1. The van der Waals surface area contributed by atoms with Crippen LogP contribution in [-0.2, 0) is 9.53 Å². The third-order valence-corrected chi connectivity index (χ3v) is 2.98. The molecule has 1 fully saturated rings. The molecule has 94 valence electrons. The van der Waals surface area contributed by atoms with Gasteiger partial charge >= 0.3 is 12.3 Å². The van der Waals surface area contributed by atoms with Gasteiger partial charge in [-0.2, -0.15) is 0 Å². The van der Waals surface area contributed by atoms with E-state index in [4.69, 9.17) is 5.11 Å². The van der Waals surface area contributed by atoms with Gasteiger partial charge < -0.3 is 5.11 Å². The van der Waals surface area contributed by atoms with Crippen molar-refractivity contribution in [3.05, 3.63) is 0 Å². The summed E-state index contributed by atoms with van der Waals surface area (Å²) in [5, 5.41) is 8.93. The molecule has 1 atom stereocenters. The number of halogens is 3. The highest BCUT2D eigenvalue weighted by molar-refractivity contribution is 5.70. The van der Waals surface area contributed by atoms with E-state index < -0.39 is 24.9 Å². The molecule has 3 nitrogen and oxygen atoms in total. The van der Waals surface area contributed by atoms with Gasteiger partial charge in [-0.05, 0) is 25.2 Å². The Bertz CT molecular complexity index is 234. The van der Waals surface area contributed by atoms with E-state index in [1.807, 2.05) is 0 Å². The summed E-state index contributed by atoms with van der Waals surface area (Å²) in [6, 6.07) is 0. The van der Waals surface area contributed by atoms with Gasteiger partial charge in [-0.25, -0.2) is 0 Å². The van der Waals surface area contributed by atoms with Crippen LogP contribution in [0.5, 0.6) is 0 Å². The second-order valence-corrected chi connectivity index (χ2v) is 4.07. The second kappa shape index (κ2) is 5.52. The first kappa shape index (κ1) is 13.3. The van der Waals surface area contributed by atoms with Gasteiger partial charge in [0.15, 0.2) is 0 Å². The van der Waals surface area contributed by atoms with E-state index in [9.17, 15) is 18.0 Å². The first-order chi connectivity index (χ1) is 7.40. The van der Waals surface area contributed by atoms with Crippen molar-refractivity contribution in [2.45, 2.75) is 38.5 Å². The fraction of sp³-hybridized carbons (Fsp3) is 0.900. The Morgan fingerprint density at radius 1 is 1.38 bits per heavy atom. The molecule has 0 aliphatic heterocycles. The number of alkyl halides is 3. The molecule has 0 amide bonds. The van der Waals surface area contributed by atoms with Gasteiger partial charge in [0.1, 0.15) is 0 Å². The fourth-order valence-electron chi connectivity index (χ4n) is 2.22. The monoisotopic (exact) mass is 240 g/mol. The summed E-state index contributed by atoms with van der Waals surface area (Å²) >= 11 is 0. The molecule has 1 aliphatic carbocycles. The molecule has 0 aromatic heterocycles. The topological polar surface area (TPSA) is 46.5 Å². The van der Waals surface area contributed by atoms with Crippen LogP contribution in [0.25, 0.3) is 0 Å². The molecule has 16 heavy (non-hydrogen) atoms. The van der Waals surface area contributed by atoms with Crippen molar-refractivity contribution >= 4 is 5.97 Å². The van der Waals surface area contributed by atoms with Gasteiger partial charge in [-0.1, -0.05) is 12.8 Å². The standard InChI is InChI=1S/C10H15F3O3/c11-10(12,13)16-6-5-8(9(14)15)7-3-1-2-4-7/h7-8H,1-6H2,(H,14,15). The lowest BCUT2D eigenvalue weighted by Crippen LogP contribution is -2.25. The Morgan fingerprint density at radius 2 is 1.94 bits per heavy atom. The zero-order valence-corrected chi connectivity index (χ0v) is 8.79.